The number of hydrazone groups is 1. The normalized spacial score (nSPS) is 12.3. The minimum atomic E-state index is -3.94. The first-order valence-corrected chi connectivity index (χ1v) is 15.0. The third kappa shape index (κ3) is 7.69. The molecule has 5 aromatic rings. The molecule has 0 aliphatic carbocycles. The van der Waals surface area contributed by atoms with E-state index in [0.29, 0.717) is 12.4 Å². The highest BCUT2D eigenvalue weighted by Crippen LogP contribution is 2.18. The van der Waals surface area contributed by atoms with E-state index in [2.05, 4.69) is 45.6 Å². The van der Waals surface area contributed by atoms with Crippen molar-refractivity contribution >= 4 is 32.9 Å². The van der Waals surface area contributed by atoms with Gasteiger partial charge < -0.3 is 4.74 Å². The van der Waals surface area contributed by atoms with Gasteiger partial charge in [-0.2, -0.15) is 9.82 Å². The van der Waals surface area contributed by atoms with Gasteiger partial charge in [0.05, 0.1) is 11.1 Å². The lowest BCUT2D eigenvalue weighted by Gasteiger charge is -2.17. The fourth-order valence-corrected chi connectivity index (χ4v) is 5.60. The van der Waals surface area contributed by atoms with Crippen LogP contribution in [0.3, 0.4) is 0 Å². The fraction of sp³-hybridized carbons (Fsp3) is 0.118. The van der Waals surface area contributed by atoms with E-state index in [1.165, 1.54) is 29.1 Å². The molecule has 212 valence electrons. The number of rotatable bonds is 11. The maximum absolute atomic E-state index is 13.1. The molecule has 0 saturated heterocycles. The quantitative estimate of drug-likeness (QED) is 0.154. The van der Waals surface area contributed by atoms with Gasteiger partial charge in [0.1, 0.15) is 18.4 Å². The van der Waals surface area contributed by atoms with E-state index >= 15 is 0 Å². The van der Waals surface area contributed by atoms with Gasteiger partial charge in [-0.15, -0.1) is 0 Å². The number of carbonyl (C=O) groups is 1. The summed E-state index contributed by atoms with van der Waals surface area (Å²) in [6.45, 7) is 2.32. The Morgan fingerprint density at radius 2 is 1.50 bits per heavy atom. The van der Waals surface area contributed by atoms with Crippen LogP contribution in [-0.4, -0.2) is 26.6 Å². The van der Waals surface area contributed by atoms with Crippen molar-refractivity contribution < 1.29 is 17.9 Å². The van der Waals surface area contributed by atoms with Crippen molar-refractivity contribution in [3.8, 4) is 5.75 Å². The molecule has 0 unspecified atom stereocenters. The number of aryl methyl sites for hydroxylation is 1. The summed E-state index contributed by atoms with van der Waals surface area (Å²) in [5, 5.41) is 6.43. The number of carbonyl (C=O) groups excluding carboxylic acids is 1. The highest BCUT2D eigenvalue weighted by Gasteiger charge is 2.26. The maximum atomic E-state index is 13.1. The fourth-order valence-electron chi connectivity index (χ4n) is 4.40. The molecule has 0 fully saturated rings. The molecule has 5 rings (SSSR count). The van der Waals surface area contributed by atoms with E-state index < -0.39 is 22.0 Å². The summed E-state index contributed by atoms with van der Waals surface area (Å²) < 4.78 is 34.5. The van der Waals surface area contributed by atoms with Crippen LogP contribution in [0.2, 0.25) is 0 Å². The first-order chi connectivity index (χ1) is 20.4. The third-order valence-electron chi connectivity index (χ3n) is 6.72. The largest absolute Gasteiger partial charge is 0.489 e. The smallest absolute Gasteiger partial charge is 0.258 e. The molecule has 0 heterocycles. The van der Waals surface area contributed by atoms with Gasteiger partial charge in [-0.05, 0) is 83.3 Å². The van der Waals surface area contributed by atoms with Crippen LogP contribution in [-0.2, 0) is 27.8 Å². The molecule has 0 radical (unpaired) electrons. The second-order valence-corrected chi connectivity index (χ2v) is 11.7. The molecule has 0 saturated carbocycles. The first kappa shape index (κ1) is 28.7. The number of fused-ring (bicyclic) bond motifs is 1. The SMILES string of the molecule is Cc1ccc(S(=O)(=O)N[C@@H](Cc2ccccc2)C(=O)N/N=C\c2ccc(OCc3ccc4ccccc4c3)cc2)cc1. The predicted octanol–water partition coefficient (Wildman–Crippen LogP) is 5.77. The van der Waals surface area contributed by atoms with E-state index in [1.54, 1.807) is 12.1 Å². The number of nitrogens with one attached hydrogen (secondary N) is 2. The topological polar surface area (TPSA) is 96.9 Å². The zero-order valence-corrected chi connectivity index (χ0v) is 23.9. The molecule has 0 aromatic heterocycles. The number of hydrogen-bond acceptors (Lipinski definition) is 5. The van der Waals surface area contributed by atoms with Gasteiger partial charge in [0.2, 0.25) is 10.0 Å². The van der Waals surface area contributed by atoms with Crippen molar-refractivity contribution in [1.29, 1.82) is 0 Å². The number of hydrogen-bond donors (Lipinski definition) is 2. The van der Waals surface area contributed by atoms with E-state index in [9.17, 15) is 13.2 Å². The van der Waals surface area contributed by atoms with Crippen LogP contribution in [0.25, 0.3) is 10.8 Å². The number of benzene rings is 5. The molecule has 0 aliphatic heterocycles. The minimum absolute atomic E-state index is 0.0883. The van der Waals surface area contributed by atoms with Gasteiger partial charge in [0.25, 0.3) is 5.91 Å². The van der Waals surface area contributed by atoms with Crippen LogP contribution >= 0.6 is 0 Å². The van der Waals surface area contributed by atoms with E-state index in [1.807, 2.05) is 73.7 Å². The number of sulfonamides is 1. The molecular weight excluding hydrogens is 546 g/mol. The Morgan fingerprint density at radius 1 is 0.810 bits per heavy atom. The molecule has 5 aromatic carbocycles. The second-order valence-electron chi connectivity index (χ2n) is 9.95. The van der Waals surface area contributed by atoms with Crippen LogP contribution < -0.4 is 14.9 Å². The zero-order valence-electron chi connectivity index (χ0n) is 23.1. The monoisotopic (exact) mass is 577 g/mol. The van der Waals surface area contributed by atoms with Gasteiger partial charge >= 0.3 is 0 Å². The van der Waals surface area contributed by atoms with Gasteiger partial charge in [-0.25, -0.2) is 13.8 Å². The van der Waals surface area contributed by atoms with Crippen LogP contribution in [0.5, 0.6) is 5.75 Å². The summed E-state index contributed by atoms with van der Waals surface area (Å²) in [4.78, 5) is 13.2. The van der Waals surface area contributed by atoms with Gasteiger partial charge in [0.15, 0.2) is 0 Å². The molecule has 0 bridgehead atoms. The Bertz CT molecular complexity index is 1790. The maximum Gasteiger partial charge on any atom is 0.258 e. The average Bonchev–Trinajstić information content (AvgIpc) is 3.01. The molecule has 8 heteroatoms. The molecular formula is C34H31N3O4S. The second kappa shape index (κ2) is 13.2. The molecule has 1 amide bonds. The van der Waals surface area contributed by atoms with Crippen molar-refractivity contribution in [3.63, 3.8) is 0 Å². The number of nitrogens with zero attached hydrogens (tertiary/aromatic N) is 1. The number of ether oxygens (including phenoxy) is 1. The molecule has 42 heavy (non-hydrogen) atoms. The molecule has 1 atom stereocenters. The summed E-state index contributed by atoms with van der Waals surface area (Å²) in [6, 6.07) is 36.4. The van der Waals surface area contributed by atoms with Crippen LogP contribution in [0.1, 0.15) is 22.3 Å². The zero-order chi connectivity index (χ0) is 29.4. The van der Waals surface area contributed by atoms with E-state index in [-0.39, 0.29) is 11.3 Å². The highest BCUT2D eigenvalue weighted by molar-refractivity contribution is 7.89. The van der Waals surface area contributed by atoms with Crippen molar-refractivity contribution in [1.82, 2.24) is 10.1 Å². The van der Waals surface area contributed by atoms with Crippen molar-refractivity contribution in [3.05, 3.63) is 144 Å². The lowest BCUT2D eigenvalue weighted by Crippen LogP contribution is -2.46. The third-order valence-corrected chi connectivity index (χ3v) is 8.20. The van der Waals surface area contributed by atoms with E-state index in [4.69, 9.17) is 4.74 Å². The van der Waals surface area contributed by atoms with Crippen molar-refractivity contribution in [2.45, 2.75) is 30.9 Å². The summed E-state index contributed by atoms with van der Waals surface area (Å²) in [5.41, 5.74) is 6.05. The number of amides is 1. The van der Waals surface area contributed by atoms with Gasteiger partial charge in [-0.3, -0.25) is 4.79 Å². The first-order valence-electron chi connectivity index (χ1n) is 13.5. The molecule has 2 N–H and O–H groups in total. The van der Waals surface area contributed by atoms with Crippen LogP contribution in [0.4, 0.5) is 0 Å². The van der Waals surface area contributed by atoms with E-state index in [0.717, 1.165) is 22.3 Å². The predicted molar refractivity (Wildman–Crippen MR) is 166 cm³/mol. The average molecular weight is 578 g/mol. The molecule has 7 nitrogen and oxygen atoms in total. The van der Waals surface area contributed by atoms with Crippen LogP contribution in [0, 0.1) is 6.92 Å². The van der Waals surface area contributed by atoms with Crippen molar-refractivity contribution in [2.24, 2.45) is 5.10 Å². The summed E-state index contributed by atoms with van der Waals surface area (Å²) in [5.74, 6) is 0.138. The lowest BCUT2D eigenvalue weighted by atomic mass is 10.1. The Labute approximate surface area is 245 Å². The Morgan fingerprint density at radius 3 is 2.24 bits per heavy atom. The summed E-state index contributed by atoms with van der Waals surface area (Å²) in [7, 11) is -3.94. The van der Waals surface area contributed by atoms with Crippen molar-refractivity contribution in [2.75, 3.05) is 0 Å². The highest BCUT2D eigenvalue weighted by atomic mass is 32.2. The summed E-state index contributed by atoms with van der Waals surface area (Å²) >= 11 is 0. The Kier molecular flexibility index (Phi) is 9.06. The lowest BCUT2D eigenvalue weighted by molar-refractivity contribution is -0.122. The Hall–Kier alpha value is -4.79. The Balaban J connectivity index is 1.20. The minimum Gasteiger partial charge on any atom is -0.489 e. The van der Waals surface area contributed by atoms with Gasteiger partial charge in [-0.1, -0.05) is 84.4 Å². The molecule has 0 aliphatic rings. The molecule has 0 spiro atoms. The summed E-state index contributed by atoms with van der Waals surface area (Å²) in [6.07, 6.45) is 1.66. The van der Waals surface area contributed by atoms with Crippen LogP contribution in [0.15, 0.2) is 131 Å². The standard InChI is InChI=1S/C34H31N3O4S/c1-25-11-19-32(20-12-25)42(39,40)37-33(22-26-7-3-2-4-8-26)34(38)36-35-23-27-14-17-31(18-15-27)41-24-28-13-16-29-9-5-6-10-30(29)21-28/h2-21,23,33,37H,22,24H2,1H3,(H,36,38)/b35-23-/t33-/m0/s1. The van der Waals surface area contributed by atoms with Gasteiger partial charge in [0, 0.05) is 0 Å².